The molecule has 1 amide bonds. The number of methoxy groups -OCH3 is 1. The highest BCUT2D eigenvalue weighted by molar-refractivity contribution is 5.97. The average Bonchev–Trinajstić information content (AvgIpc) is 2.52. The van der Waals surface area contributed by atoms with Crippen molar-refractivity contribution in [1.29, 1.82) is 5.26 Å². The minimum absolute atomic E-state index is 0.222. The van der Waals surface area contributed by atoms with Crippen LogP contribution in [0.3, 0.4) is 0 Å². The molecule has 0 radical (unpaired) electrons. The standard InChI is InChI=1S/C18H26N2O3/c1-6-9-23-16-8-7-15(10-14(16)12-19)20-17(21)18(4,22-5)11-13(2)3/h7-8,10,13H,6,9,11H2,1-5H3,(H,20,21)/t18-/m1/s1. The van der Waals surface area contributed by atoms with Gasteiger partial charge >= 0.3 is 0 Å². The lowest BCUT2D eigenvalue weighted by Crippen LogP contribution is -2.43. The molecule has 0 aliphatic rings. The van der Waals surface area contributed by atoms with Crippen LogP contribution in [0.1, 0.15) is 46.1 Å². The maximum atomic E-state index is 12.5. The van der Waals surface area contributed by atoms with Gasteiger partial charge in [0.15, 0.2) is 0 Å². The fourth-order valence-electron chi connectivity index (χ4n) is 2.34. The van der Waals surface area contributed by atoms with Crippen molar-refractivity contribution in [1.82, 2.24) is 0 Å². The van der Waals surface area contributed by atoms with Crippen LogP contribution in [-0.2, 0) is 9.53 Å². The van der Waals surface area contributed by atoms with Gasteiger partial charge in [-0.25, -0.2) is 0 Å². The van der Waals surface area contributed by atoms with Gasteiger partial charge in [-0.15, -0.1) is 0 Å². The van der Waals surface area contributed by atoms with Gasteiger partial charge in [0.1, 0.15) is 17.4 Å². The van der Waals surface area contributed by atoms with Crippen LogP contribution in [0.15, 0.2) is 18.2 Å². The van der Waals surface area contributed by atoms with Crippen LogP contribution in [0.4, 0.5) is 5.69 Å². The van der Waals surface area contributed by atoms with Gasteiger partial charge in [0.25, 0.3) is 5.91 Å². The van der Waals surface area contributed by atoms with Gasteiger partial charge in [-0.1, -0.05) is 20.8 Å². The van der Waals surface area contributed by atoms with E-state index in [4.69, 9.17) is 9.47 Å². The van der Waals surface area contributed by atoms with Gasteiger partial charge in [-0.2, -0.15) is 5.26 Å². The Hall–Kier alpha value is -2.06. The summed E-state index contributed by atoms with van der Waals surface area (Å²) in [5.41, 5.74) is 0.0555. The molecule has 0 spiro atoms. The highest BCUT2D eigenvalue weighted by Gasteiger charge is 2.34. The molecular weight excluding hydrogens is 292 g/mol. The lowest BCUT2D eigenvalue weighted by Gasteiger charge is -2.28. The van der Waals surface area contributed by atoms with Crippen LogP contribution in [0.2, 0.25) is 0 Å². The first-order valence-corrected chi connectivity index (χ1v) is 7.89. The lowest BCUT2D eigenvalue weighted by atomic mass is 9.93. The second-order valence-electron chi connectivity index (χ2n) is 6.16. The number of benzene rings is 1. The van der Waals surface area contributed by atoms with E-state index in [2.05, 4.69) is 11.4 Å². The maximum Gasteiger partial charge on any atom is 0.256 e. The molecule has 0 aromatic heterocycles. The summed E-state index contributed by atoms with van der Waals surface area (Å²) in [4.78, 5) is 12.5. The molecule has 5 nitrogen and oxygen atoms in total. The fraction of sp³-hybridized carbons (Fsp3) is 0.556. The molecule has 23 heavy (non-hydrogen) atoms. The molecule has 1 N–H and O–H groups in total. The highest BCUT2D eigenvalue weighted by Crippen LogP contribution is 2.25. The number of rotatable bonds is 8. The number of carbonyl (C=O) groups is 1. The van der Waals surface area contributed by atoms with E-state index in [-0.39, 0.29) is 5.91 Å². The molecule has 0 bridgehead atoms. The number of hydrogen-bond donors (Lipinski definition) is 1. The average molecular weight is 318 g/mol. The Morgan fingerprint density at radius 2 is 2.13 bits per heavy atom. The first kappa shape index (κ1) is 19.0. The molecule has 0 saturated heterocycles. The van der Waals surface area contributed by atoms with Crippen LogP contribution >= 0.6 is 0 Å². The van der Waals surface area contributed by atoms with Crippen molar-refractivity contribution in [3.8, 4) is 11.8 Å². The topological polar surface area (TPSA) is 71.3 Å². The number of carbonyl (C=O) groups excluding carboxylic acids is 1. The summed E-state index contributed by atoms with van der Waals surface area (Å²) in [6, 6.07) is 7.15. The first-order chi connectivity index (χ1) is 10.9. The number of ether oxygens (including phenoxy) is 2. The van der Waals surface area contributed by atoms with E-state index in [1.165, 1.54) is 7.11 Å². The van der Waals surface area contributed by atoms with Crippen molar-refractivity contribution in [2.45, 2.75) is 46.1 Å². The summed E-state index contributed by atoms with van der Waals surface area (Å²) in [6.45, 7) is 8.40. The molecule has 5 heteroatoms. The largest absolute Gasteiger partial charge is 0.492 e. The number of hydrogen-bond acceptors (Lipinski definition) is 4. The van der Waals surface area contributed by atoms with E-state index in [1.807, 2.05) is 20.8 Å². The van der Waals surface area contributed by atoms with Crippen molar-refractivity contribution < 1.29 is 14.3 Å². The van der Waals surface area contributed by atoms with E-state index in [0.717, 1.165) is 6.42 Å². The zero-order valence-corrected chi connectivity index (χ0v) is 14.6. The normalized spacial score (nSPS) is 13.3. The third kappa shape index (κ3) is 5.26. The Morgan fingerprint density at radius 3 is 2.65 bits per heavy atom. The zero-order chi connectivity index (χ0) is 17.5. The molecule has 1 rings (SSSR count). The molecule has 0 fully saturated rings. The Bertz CT molecular complexity index is 578. The number of nitriles is 1. The van der Waals surface area contributed by atoms with E-state index in [0.29, 0.717) is 35.9 Å². The summed E-state index contributed by atoms with van der Waals surface area (Å²) in [6.07, 6.45) is 1.48. The molecule has 0 saturated carbocycles. The van der Waals surface area contributed by atoms with E-state index in [1.54, 1.807) is 25.1 Å². The number of nitrogens with zero attached hydrogens (tertiary/aromatic N) is 1. The van der Waals surface area contributed by atoms with Gasteiger partial charge in [0, 0.05) is 12.8 Å². The molecule has 0 heterocycles. The Labute approximate surface area is 138 Å². The minimum Gasteiger partial charge on any atom is -0.492 e. The number of anilines is 1. The van der Waals surface area contributed by atoms with Crippen molar-refractivity contribution in [2.75, 3.05) is 19.0 Å². The van der Waals surface area contributed by atoms with Crippen LogP contribution < -0.4 is 10.1 Å². The Balaban J connectivity index is 2.92. The quantitative estimate of drug-likeness (QED) is 0.792. The molecule has 126 valence electrons. The van der Waals surface area contributed by atoms with Crippen LogP contribution in [0, 0.1) is 17.2 Å². The molecule has 1 aromatic rings. The third-order valence-electron chi connectivity index (χ3n) is 3.55. The molecule has 1 aromatic carbocycles. The van der Waals surface area contributed by atoms with Crippen molar-refractivity contribution in [3.05, 3.63) is 23.8 Å². The Morgan fingerprint density at radius 1 is 1.43 bits per heavy atom. The summed E-state index contributed by atoms with van der Waals surface area (Å²) >= 11 is 0. The van der Waals surface area contributed by atoms with Gasteiger partial charge in [0.2, 0.25) is 0 Å². The van der Waals surface area contributed by atoms with Gasteiger partial charge in [-0.05, 0) is 43.9 Å². The second-order valence-corrected chi connectivity index (χ2v) is 6.16. The summed E-state index contributed by atoms with van der Waals surface area (Å²) in [5.74, 6) is 0.633. The zero-order valence-electron chi connectivity index (χ0n) is 14.6. The van der Waals surface area contributed by atoms with E-state index >= 15 is 0 Å². The number of nitrogens with one attached hydrogen (secondary N) is 1. The van der Waals surface area contributed by atoms with Gasteiger partial charge in [0.05, 0.1) is 12.2 Å². The molecule has 0 aliphatic heterocycles. The monoisotopic (exact) mass is 318 g/mol. The Kier molecular flexibility index (Phi) is 7.05. The summed E-state index contributed by atoms with van der Waals surface area (Å²) < 4.78 is 10.9. The summed E-state index contributed by atoms with van der Waals surface area (Å²) in [5, 5.41) is 12.1. The number of amides is 1. The van der Waals surface area contributed by atoms with E-state index in [9.17, 15) is 10.1 Å². The van der Waals surface area contributed by atoms with Gasteiger partial charge in [-0.3, -0.25) is 4.79 Å². The van der Waals surface area contributed by atoms with E-state index < -0.39 is 5.60 Å². The smallest absolute Gasteiger partial charge is 0.256 e. The third-order valence-corrected chi connectivity index (χ3v) is 3.55. The predicted octanol–water partition coefficient (Wildman–Crippen LogP) is 3.74. The second kappa shape index (κ2) is 8.54. The van der Waals surface area contributed by atoms with Crippen molar-refractivity contribution in [2.24, 2.45) is 5.92 Å². The SMILES string of the molecule is CCCOc1ccc(NC(=O)[C@@](C)(CC(C)C)OC)cc1C#N. The molecule has 0 aliphatic carbocycles. The maximum absolute atomic E-state index is 12.5. The van der Waals surface area contributed by atoms with Crippen LogP contribution in [0.5, 0.6) is 5.75 Å². The molecule has 1 atom stereocenters. The van der Waals surface area contributed by atoms with Crippen molar-refractivity contribution in [3.63, 3.8) is 0 Å². The fourth-order valence-corrected chi connectivity index (χ4v) is 2.34. The molecular formula is C18H26N2O3. The lowest BCUT2D eigenvalue weighted by molar-refractivity contribution is -0.137. The predicted molar refractivity (Wildman–Crippen MR) is 90.4 cm³/mol. The van der Waals surface area contributed by atoms with Gasteiger partial charge < -0.3 is 14.8 Å². The summed E-state index contributed by atoms with van der Waals surface area (Å²) in [7, 11) is 1.53. The van der Waals surface area contributed by atoms with Crippen LogP contribution in [-0.4, -0.2) is 25.2 Å². The van der Waals surface area contributed by atoms with Crippen molar-refractivity contribution >= 4 is 11.6 Å². The first-order valence-electron chi connectivity index (χ1n) is 7.89. The minimum atomic E-state index is -0.904. The highest BCUT2D eigenvalue weighted by atomic mass is 16.5. The van der Waals surface area contributed by atoms with Crippen LogP contribution in [0.25, 0.3) is 0 Å². The molecule has 0 unspecified atom stereocenters.